The van der Waals surface area contributed by atoms with Crippen LogP contribution in [-0.2, 0) is 16.0 Å². The van der Waals surface area contributed by atoms with Crippen LogP contribution in [0.25, 0.3) is 0 Å². The molecule has 1 rings (SSSR count). The van der Waals surface area contributed by atoms with E-state index in [2.05, 4.69) is 10.1 Å². The van der Waals surface area contributed by atoms with Gasteiger partial charge in [0.05, 0.1) is 7.11 Å². The van der Waals surface area contributed by atoms with E-state index in [1.807, 2.05) is 6.92 Å². The first-order valence-electron chi connectivity index (χ1n) is 5.83. The summed E-state index contributed by atoms with van der Waals surface area (Å²) in [6.07, 6.45) is 0.898. The highest BCUT2D eigenvalue weighted by atomic mass is 19.1. The molecule has 0 heterocycles. The molecule has 0 amide bonds. The number of benzene rings is 1. The molecule has 100 valence electrons. The van der Waals surface area contributed by atoms with Crippen LogP contribution in [0.15, 0.2) is 18.2 Å². The van der Waals surface area contributed by atoms with E-state index >= 15 is 0 Å². The summed E-state index contributed by atoms with van der Waals surface area (Å²) in [5.41, 5.74) is 0.294. The van der Waals surface area contributed by atoms with Crippen molar-refractivity contribution in [3.8, 4) is 0 Å². The average molecular weight is 257 g/mol. The molecule has 0 spiro atoms. The second-order valence-electron chi connectivity index (χ2n) is 3.92. The number of hydrogen-bond donors (Lipinski definition) is 1. The highest BCUT2D eigenvalue weighted by molar-refractivity contribution is 5.75. The van der Waals surface area contributed by atoms with Crippen LogP contribution in [0.2, 0.25) is 0 Å². The van der Waals surface area contributed by atoms with Crippen molar-refractivity contribution in [2.75, 3.05) is 13.7 Å². The molecule has 0 bridgehead atoms. The summed E-state index contributed by atoms with van der Waals surface area (Å²) in [5, 5.41) is 2.95. The number of halogens is 2. The Kier molecular flexibility index (Phi) is 5.71. The number of methoxy groups -OCH3 is 1. The number of carbonyl (C=O) groups excluding carboxylic acids is 1. The van der Waals surface area contributed by atoms with Crippen molar-refractivity contribution >= 4 is 5.97 Å². The van der Waals surface area contributed by atoms with Gasteiger partial charge in [-0.05, 0) is 36.6 Å². The summed E-state index contributed by atoms with van der Waals surface area (Å²) in [4.78, 5) is 11.3. The van der Waals surface area contributed by atoms with Gasteiger partial charge in [0.1, 0.15) is 17.7 Å². The van der Waals surface area contributed by atoms with Crippen molar-refractivity contribution in [2.45, 2.75) is 25.8 Å². The molecule has 0 aliphatic heterocycles. The normalized spacial score (nSPS) is 12.2. The fraction of sp³-hybridized carbons (Fsp3) is 0.462. The van der Waals surface area contributed by atoms with Crippen LogP contribution in [-0.4, -0.2) is 25.7 Å². The van der Waals surface area contributed by atoms with Crippen LogP contribution in [0.5, 0.6) is 0 Å². The Morgan fingerprint density at radius 1 is 1.44 bits per heavy atom. The average Bonchev–Trinajstić information content (AvgIpc) is 2.37. The molecule has 0 saturated carbocycles. The zero-order valence-electron chi connectivity index (χ0n) is 10.5. The lowest BCUT2D eigenvalue weighted by Crippen LogP contribution is -2.38. The van der Waals surface area contributed by atoms with E-state index in [1.165, 1.54) is 7.11 Å². The topological polar surface area (TPSA) is 38.3 Å². The van der Waals surface area contributed by atoms with Crippen LogP contribution in [0.1, 0.15) is 18.9 Å². The molecule has 0 saturated heterocycles. The van der Waals surface area contributed by atoms with Gasteiger partial charge in [-0.1, -0.05) is 6.92 Å². The lowest BCUT2D eigenvalue weighted by molar-refractivity contribution is -0.143. The molecule has 0 fully saturated rings. The van der Waals surface area contributed by atoms with E-state index in [0.717, 1.165) is 18.2 Å². The molecule has 0 radical (unpaired) electrons. The van der Waals surface area contributed by atoms with Gasteiger partial charge in [0.15, 0.2) is 0 Å². The van der Waals surface area contributed by atoms with E-state index < -0.39 is 17.7 Å². The smallest absolute Gasteiger partial charge is 0.322 e. The fourth-order valence-corrected chi connectivity index (χ4v) is 1.65. The first kappa shape index (κ1) is 14.6. The Balaban J connectivity index is 2.50. The Morgan fingerprint density at radius 3 is 2.78 bits per heavy atom. The first-order chi connectivity index (χ1) is 8.58. The van der Waals surface area contributed by atoms with Crippen LogP contribution in [0.4, 0.5) is 8.78 Å². The molecule has 1 N–H and O–H groups in total. The van der Waals surface area contributed by atoms with E-state index in [9.17, 15) is 13.6 Å². The summed E-state index contributed by atoms with van der Waals surface area (Å²) in [6.45, 7) is 2.23. The third kappa shape index (κ3) is 4.07. The molecule has 0 aliphatic rings. The highest BCUT2D eigenvalue weighted by Gasteiger charge is 2.15. The van der Waals surface area contributed by atoms with E-state index in [-0.39, 0.29) is 5.97 Å². The molecular formula is C13H17F2NO2. The van der Waals surface area contributed by atoms with Gasteiger partial charge in [0.25, 0.3) is 0 Å². The number of esters is 1. The number of rotatable bonds is 6. The van der Waals surface area contributed by atoms with Gasteiger partial charge in [-0.25, -0.2) is 8.78 Å². The standard InChI is InChI=1S/C13H17F2NO2/c1-3-12(13(17)18-2)16-7-6-9-8-10(14)4-5-11(9)15/h4-5,8,12,16H,3,6-7H2,1-2H3. The van der Waals surface area contributed by atoms with Gasteiger partial charge >= 0.3 is 5.97 Å². The van der Waals surface area contributed by atoms with Gasteiger partial charge < -0.3 is 10.1 Å². The number of carbonyl (C=O) groups is 1. The van der Waals surface area contributed by atoms with Gasteiger partial charge in [0.2, 0.25) is 0 Å². The monoisotopic (exact) mass is 257 g/mol. The zero-order valence-corrected chi connectivity index (χ0v) is 10.5. The summed E-state index contributed by atoms with van der Waals surface area (Å²) >= 11 is 0. The van der Waals surface area contributed by atoms with Crippen LogP contribution in [0, 0.1) is 11.6 Å². The zero-order chi connectivity index (χ0) is 13.5. The lowest BCUT2D eigenvalue weighted by Gasteiger charge is -2.14. The molecule has 1 aromatic carbocycles. The summed E-state index contributed by atoms with van der Waals surface area (Å²) in [6, 6.07) is 2.93. The molecule has 0 aromatic heterocycles. The highest BCUT2D eigenvalue weighted by Crippen LogP contribution is 2.10. The molecule has 0 aliphatic carbocycles. The number of ether oxygens (including phenoxy) is 1. The SMILES string of the molecule is CCC(NCCc1cc(F)ccc1F)C(=O)OC. The Bertz CT molecular complexity index is 410. The second-order valence-corrected chi connectivity index (χ2v) is 3.92. The lowest BCUT2D eigenvalue weighted by atomic mass is 10.1. The van der Waals surface area contributed by atoms with Gasteiger partial charge in [0, 0.05) is 6.54 Å². The van der Waals surface area contributed by atoms with Crippen LogP contribution >= 0.6 is 0 Å². The van der Waals surface area contributed by atoms with E-state index in [4.69, 9.17) is 0 Å². The summed E-state index contributed by atoms with van der Waals surface area (Å²) in [5.74, 6) is -1.26. The summed E-state index contributed by atoms with van der Waals surface area (Å²) in [7, 11) is 1.32. The van der Waals surface area contributed by atoms with E-state index in [0.29, 0.717) is 24.9 Å². The van der Waals surface area contributed by atoms with Crippen LogP contribution in [0.3, 0.4) is 0 Å². The minimum Gasteiger partial charge on any atom is -0.468 e. The first-order valence-corrected chi connectivity index (χ1v) is 5.83. The molecule has 5 heteroatoms. The second kappa shape index (κ2) is 7.06. The molecule has 3 nitrogen and oxygen atoms in total. The van der Waals surface area contributed by atoms with E-state index in [1.54, 1.807) is 0 Å². The molecule has 1 atom stereocenters. The van der Waals surface area contributed by atoms with Crippen molar-refractivity contribution in [2.24, 2.45) is 0 Å². The third-order valence-electron chi connectivity index (χ3n) is 2.69. The molecule has 1 unspecified atom stereocenters. The minimum atomic E-state index is -0.466. The summed E-state index contributed by atoms with van der Waals surface area (Å²) < 4.78 is 30.8. The maximum absolute atomic E-state index is 13.3. The predicted molar refractivity (Wildman–Crippen MR) is 64.2 cm³/mol. The van der Waals surface area contributed by atoms with Crippen molar-refractivity contribution < 1.29 is 18.3 Å². The van der Waals surface area contributed by atoms with Gasteiger partial charge in [-0.15, -0.1) is 0 Å². The quantitative estimate of drug-likeness (QED) is 0.793. The van der Waals surface area contributed by atoms with Crippen molar-refractivity contribution in [1.29, 1.82) is 0 Å². The Hall–Kier alpha value is -1.49. The van der Waals surface area contributed by atoms with Crippen molar-refractivity contribution in [3.63, 3.8) is 0 Å². The third-order valence-corrected chi connectivity index (χ3v) is 2.69. The van der Waals surface area contributed by atoms with Gasteiger partial charge in [-0.3, -0.25) is 4.79 Å². The molecule has 18 heavy (non-hydrogen) atoms. The minimum absolute atomic E-state index is 0.294. The van der Waals surface area contributed by atoms with Crippen molar-refractivity contribution in [3.05, 3.63) is 35.4 Å². The predicted octanol–water partition coefficient (Wildman–Crippen LogP) is 2.05. The maximum atomic E-state index is 13.3. The Morgan fingerprint density at radius 2 is 2.17 bits per heavy atom. The molecular weight excluding hydrogens is 240 g/mol. The van der Waals surface area contributed by atoms with Crippen molar-refractivity contribution in [1.82, 2.24) is 5.32 Å². The maximum Gasteiger partial charge on any atom is 0.322 e. The van der Waals surface area contributed by atoms with Crippen LogP contribution < -0.4 is 5.32 Å². The fourth-order valence-electron chi connectivity index (χ4n) is 1.65. The number of nitrogens with one attached hydrogen (secondary N) is 1. The molecule has 1 aromatic rings. The largest absolute Gasteiger partial charge is 0.468 e. The Labute approximate surface area is 105 Å². The van der Waals surface area contributed by atoms with Gasteiger partial charge in [-0.2, -0.15) is 0 Å². The number of hydrogen-bond acceptors (Lipinski definition) is 3.